The smallest absolute Gasteiger partial charge is 0.208 e. The highest BCUT2D eigenvalue weighted by Gasteiger charge is 2.24. The lowest BCUT2D eigenvalue weighted by molar-refractivity contribution is 0.383. The van der Waals surface area contributed by atoms with Crippen LogP contribution in [-0.4, -0.2) is 14.5 Å². The first-order chi connectivity index (χ1) is 8.03. The zero-order chi connectivity index (χ0) is 12.5. The minimum atomic E-state index is -3.43. The summed E-state index contributed by atoms with van der Waals surface area (Å²) >= 11 is 0. The number of nitriles is 1. The van der Waals surface area contributed by atoms with Crippen molar-refractivity contribution in [3.63, 3.8) is 0 Å². The number of rotatable bonds is 3. The largest absolute Gasteiger partial charge is 0.240 e. The predicted molar refractivity (Wildman–Crippen MR) is 63.9 cm³/mol. The summed E-state index contributed by atoms with van der Waals surface area (Å²) in [5.74, 6) is 0. The van der Waals surface area contributed by atoms with Crippen LogP contribution in [0, 0.1) is 18.3 Å². The van der Waals surface area contributed by atoms with Crippen molar-refractivity contribution in [1.29, 1.82) is 5.26 Å². The zero-order valence-corrected chi connectivity index (χ0v) is 10.4. The molecule has 0 saturated heterocycles. The summed E-state index contributed by atoms with van der Waals surface area (Å²) in [6.45, 7) is 1.74. The SMILES string of the molecule is Cc1cc(S(=O)(=O)NC2CCC2)ccc1C#N. The van der Waals surface area contributed by atoms with Crippen molar-refractivity contribution >= 4 is 10.0 Å². The van der Waals surface area contributed by atoms with Gasteiger partial charge in [0.05, 0.1) is 16.5 Å². The summed E-state index contributed by atoms with van der Waals surface area (Å²) in [5.41, 5.74) is 1.19. The molecular weight excluding hydrogens is 236 g/mol. The van der Waals surface area contributed by atoms with E-state index >= 15 is 0 Å². The van der Waals surface area contributed by atoms with E-state index in [-0.39, 0.29) is 10.9 Å². The number of hydrogen-bond acceptors (Lipinski definition) is 3. The van der Waals surface area contributed by atoms with Crippen LogP contribution in [0.2, 0.25) is 0 Å². The molecule has 0 unspecified atom stereocenters. The molecule has 0 bridgehead atoms. The molecule has 1 saturated carbocycles. The maximum absolute atomic E-state index is 12.0. The van der Waals surface area contributed by atoms with Crippen molar-refractivity contribution in [1.82, 2.24) is 4.72 Å². The third kappa shape index (κ3) is 2.48. The van der Waals surface area contributed by atoms with Gasteiger partial charge in [-0.2, -0.15) is 5.26 Å². The lowest BCUT2D eigenvalue weighted by Gasteiger charge is -2.26. The first kappa shape index (κ1) is 12.1. The van der Waals surface area contributed by atoms with Crippen LogP contribution in [0.15, 0.2) is 23.1 Å². The number of sulfonamides is 1. The first-order valence-corrected chi connectivity index (χ1v) is 7.04. The van der Waals surface area contributed by atoms with E-state index in [2.05, 4.69) is 4.72 Å². The highest BCUT2D eigenvalue weighted by Crippen LogP contribution is 2.22. The van der Waals surface area contributed by atoms with Gasteiger partial charge in [0.1, 0.15) is 0 Å². The molecule has 1 aliphatic rings. The molecule has 17 heavy (non-hydrogen) atoms. The fraction of sp³-hybridized carbons (Fsp3) is 0.417. The van der Waals surface area contributed by atoms with Crippen molar-refractivity contribution in [2.45, 2.75) is 37.1 Å². The quantitative estimate of drug-likeness (QED) is 0.887. The van der Waals surface area contributed by atoms with Crippen LogP contribution in [0.3, 0.4) is 0 Å². The average molecular weight is 250 g/mol. The van der Waals surface area contributed by atoms with Crippen LogP contribution in [0.1, 0.15) is 30.4 Å². The molecule has 0 aromatic heterocycles. The minimum Gasteiger partial charge on any atom is -0.208 e. The Morgan fingerprint density at radius 3 is 2.59 bits per heavy atom. The third-order valence-corrected chi connectivity index (χ3v) is 4.57. The second-order valence-electron chi connectivity index (χ2n) is 4.34. The predicted octanol–water partition coefficient (Wildman–Crippen LogP) is 1.70. The van der Waals surface area contributed by atoms with Gasteiger partial charge in [0.25, 0.3) is 0 Å². The maximum Gasteiger partial charge on any atom is 0.240 e. The van der Waals surface area contributed by atoms with Crippen molar-refractivity contribution < 1.29 is 8.42 Å². The molecular formula is C12H14N2O2S. The van der Waals surface area contributed by atoms with Crippen molar-refractivity contribution in [2.75, 3.05) is 0 Å². The number of benzene rings is 1. The molecule has 1 aliphatic carbocycles. The van der Waals surface area contributed by atoms with Gasteiger partial charge in [0.2, 0.25) is 10.0 Å². The lowest BCUT2D eigenvalue weighted by Crippen LogP contribution is -2.39. The molecule has 2 rings (SSSR count). The van der Waals surface area contributed by atoms with Gasteiger partial charge in [0.15, 0.2) is 0 Å². The second-order valence-corrected chi connectivity index (χ2v) is 6.05. The summed E-state index contributed by atoms with van der Waals surface area (Å²) in [6.07, 6.45) is 2.91. The van der Waals surface area contributed by atoms with Crippen LogP contribution in [0.4, 0.5) is 0 Å². The van der Waals surface area contributed by atoms with Crippen LogP contribution < -0.4 is 4.72 Å². The van der Waals surface area contributed by atoms with Gasteiger partial charge in [-0.1, -0.05) is 6.42 Å². The Kier molecular flexibility index (Phi) is 3.18. The first-order valence-electron chi connectivity index (χ1n) is 5.56. The molecule has 5 heteroatoms. The van der Waals surface area contributed by atoms with Crippen molar-refractivity contribution in [3.05, 3.63) is 29.3 Å². The van der Waals surface area contributed by atoms with Crippen molar-refractivity contribution in [2.24, 2.45) is 0 Å². The van der Waals surface area contributed by atoms with Crippen LogP contribution in [0.25, 0.3) is 0 Å². The molecule has 1 fully saturated rings. The number of nitrogens with zero attached hydrogens (tertiary/aromatic N) is 1. The fourth-order valence-corrected chi connectivity index (χ4v) is 3.13. The fourth-order valence-electron chi connectivity index (χ4n) is 1.74. The van der Waals surface area contributed by atoms with Gasteiger partial charge in [-0.3, -0.25) is 0 Å². The van der Waals surface area contributed by atoms with Gasteiger partial charge in [-0.15, -0.1) is 0 Å². The van der Waals surface area contributed by atoms with E-state index in [4.69, 9.17) is 5.26 Å². The monoisotopic (exact) mass is 250 g/mol. The third-order valence-electron chi connectivity index (χ3n) is 3.06. The minimum absolute atomic E-state index is 0.0796. The van der Waals surface area contributed by atoms with E-state index in [0.717, 1.165) is 19.3 Å². The van der Waals surface area contributed by atoms with Crippen LogP contribution in [-0.2, 0) is 10.0 Å². The Morgan fingerprint density at radius 2 is 2.12 bits per heavy atom. The molecule has 1 N–H and O–H groups in total. The van der Waals surface area contributed by atoms with Crippen molar-refractivity contribution in [3.8, 4) is 6.07 Å². The van der Waals surface area contributed by atoms with Gasteiger partial charge in [-0.05, 0) is 43.5 Å². The van der Waals surface area contributed by atoms with E-state index in [0.29, 0.717) is 11.1 Å². The van der Waals surface area contributed by atoms with E-state index in [1.54, 1.807) is 19.1 Å². The van der Waals surface area contributed by atoms with E-state index in [1.807, 2.05) is 6.07 Å². The van der Waals surface area contributed by atoms with Gasteiger partial charge in [0, 0.05) is 6.04 Å². The molecule has 0 radical (unpaired) electrons. The molecule has 0 heterocycles. The topological polar surface area (TPSA) is 70.0 Å². The second kappa shape index (κ2) is 4.47. The summed E-state index contributed by atoms with van der Waals surface area (Å²) in [4.78, 5) is 0.237. The Balaban J connectivity index is 2.27. The highest BCUT2D eigenvalue weighted by atomic mass is 32.2. The van der Waals surface area contributed by atoms with E-state index < -0.39 is 10.0 Å². The number of aryl methyl sites for hydroxylation is 1. The highest BCUT2D eigenvalue weighted by molar-refractivity contribution is 7.89. The molecule has 4 nitrogen and oxygen atoms in total. The molecule has 90 valence electrons. The maximum atomic E-state index is 12.0. The summed E-state index contributed by atoms with van der Waals surface area (Å²) < 4.78 is 26.6. The van der Waals surface area contributed by atoms with Gasteiger partial charge < -0.3 is 0 Å². The molecule has 1 aromatic carbocycles. The standard InChI is InChI=1S/C12H14N2O2S/c1-9-7-12(6-5-10(9)8-13)17(15,16)14-11-3-2-4-11/h5-7,11,14H,2-4H2,1H3. The normalized spacial score (nSPS) is 16.2. The molecule has 0 spiro atoms. The summed E-state index contributed by atoms with van der Waals surface area (Å²) in [5, 5.41) is 8.79. The number of hydrogen-bond donors (Lipinski definition) is 1. The van der Waals surface area contributed by atoms with Crippen LogP contribution in [0.5, 0.6) is 0 Å². The van der Waals surface area contributed by atoms with E-state index in [9.17, 15) is 8.42 Å². The van der Waals surface area contributed by atoms with Gasteiger partial charge in [-0.25, -0.2) is 13.1 Å². The summed E-state index contributed by atoms with van der Waals surface area (Å²) in [7, 11) is -3.43. The molecule has 1 aromatic rings. The Morgan fingerprint density at radius 1 is 1.41 bits per heavy atom. The molecule has 0 atom stereocenters. The van der Waals surface area contributed by atoms with Gasteiger partial charge >= 0.3 is 0 Å². The Bertz CT molecular complexity index is 569. The van der Waals surface area contributed by atoms with E-state index in [1.165, 1.54) is 6.07 Å². The Hall–Kier alpha value is -1.38. The molecule has 0 aliphatic heterocycles. The summed E-state index contributed by atoms with van der Waals surface area (Å²) in [6, 6.07) is 6.67. The lowest BCUT2D eigenvalue weighted by atomic mass is 9.94. The van der Waals surface area contributed by atoms with Crippen LogP contribution >= 0.6 is 0 Å². The average Bonchev–Trinajstić information content (AvgIpc) is 2.23. The zero-order valence-electron chi connectivity index (χ0n) is 9.60. The number of nitrogens with one attached hydrogen (secondary N) is 1. The molecule has 0 amide bonds. The Labute approximate surface area is 101 Å².